The highest BCUT2D eigenvalue weighted by molar-refractivity contribution is 6.08. The normalized spacial score (nSPS) is 11.7. The molecule has 3 N–H and O–H groups in total. The SMILES string of the molecule is CCOC(=O)C(N)C(=O)Nc1ccncc1F. The molecule has 0 spiro atoms. The highest BCUT2D eigenvalue weighted by Crippen LogP contribution is 2.10. The van der Waals surface area contributed by atoms with E-state index in [0.29, 0.717) is 0 Å². The van der Waals surface area contributed by atoms with Crippen molar-refractivity contribution < 1.29 is 18.7 Å². The molecule has 0 saturated carbocycles. The standard InChI is InChI=1S/C10H12FN3O3/c1-2-17-10(16)8(12)9(15)14-7-3-4-13-5-6(7)11/h3-5,8H,2,12H2,1H3,(H,13,14,15). The molecule has 7 heteroatoms. The summed E-state index contributed by atoms with van der Waals surface area (Å²) in [4.78, 5) is 26.1. The van der Waals surface area contributed by atoms with Gasteiger partial charge in [-0.25, -0.2) is 9.18 Å². The quantitative estimate of drug-likeness (QED) is 0.573. The Kier molecular flexibility index (Phi) is 4.53. The largest absolute Gasteiger partial charge is 0.464 e. The van der Waals surface area contributed by atoms with Crippen molar-refractivity contribution in [2.75, 3.05) is 11.9 Å². The minimum absolute atomic E-state index is 0.0928. The van der Waals surface area contributed by atoms with E-state index in [4.69, 9.17) is 5.73 Å². The molecule has 0 bridgehead atoms. The first kappa shape index (κ1) is 13.0. The summed E-state index contributed by atoms with van der Waals surface area (Å²) in [5.74, 6) is -2.41. The molecule has 1 heterocycles. The summed E-state index contributed by atoms with van der Waals surface area (Å²) in [7, 11) is 0. The van der Waals surface area contributed by atoms with Crippen LogP contribution in [0.1, 0.15) is 6.92 Å². The van der Waals surface area contributed by atoms with Crippen LogP contribution in [0.15, 0.2) is 18.5 Å². The third-order valence-corrected chi connectivity index (χ3v) is 1.85. The van der Waals surface area contributed by atoms with E-state index >= 15 is 0 Å². The van der Waals surface area contributed by atoms with Crippen molar-refractivity contribution >= 4 is 17.6 Å². The van der Waals surface area contributed by atoms with Gasteiger partial charge in [0.25, 0.3) is 5.91 Å². The molecule has 0 aliphatic carbocycles. The zero-order valence-corrected chi connectivity index (χ0v) is 9.14. The molecule has 0 aliphatic rings. The van der Waals surface area contributed by atoms with Crippen molar-refractivity contribution in [3.63, 3.8) is 0 Å². The Labute approximate surface area is 97.0 Å². The maximum atomic E-state index is 13.1. The van der Waals surface area contributed by atoms with Gasteiger partial charge in [0, 0.05) is 6.20 Å². The number of esters is 1. The molecule has 1 atom stereocenters. The van der Waals surface area contributed by atoms with Crippen LogP contribution in [0.4, 0.5) is 10.1 Å². The molecule has 1 amide bonds. The van der Waals surface area contributed by atoms with E-state index < -0.39 is 23.7 Å². The Bertz CT molecular complexity index is 425. The van der Waals surface area contributed by atoms with E-state index in [-0.39, 0.29) is 12.3 Å². The van der Waals surface area contributed by atoms with Crippen LogP contribution in [0, 0.1) is 5.82 Å². The first-order valence-electron chi connectivity index (χ1n) is 4.88. The number of hydrogen-bond donors (Lipinski definition) is 2. The average molecular weight is 241 g/mol. The van der Waals surface area contributed by atoms with Crippen molar-refractivity contribution in [3.8, 4) is 0 Å². The summed E-state index contributed by atoms with van der Waals surface area (Å²) in [6.45, 7) is 1.70. The first-order chi connectivity index (χ1) is 8.06. The average Bonchev–Trinajstić information content (AvgIpc) is 2.31. The number of anilines is 1. The van der Waals surface area contributed by atoms with Crippen LogP contribution >= 0.6 is 0 Å². The summed E-state index contributed by atoms with van der Waals surface area (Å²) in [6, 6.07) is -0.229. The lowest BCUT2D eigenvalue weighted by molar-refractivity contribution is -0.146. The number of amides is 1. The number of carbonyl (C=O) groups is 2. The molecular formula is C10H12FN3O3. The number of nitrogens with two attached hydrogens (primary N) is 1. The maximum absolute atomic E-state index is 13.1. The molecule has 0 aromatic carbocycles. The number of hydrogen-bond acceptors (Lipinski definition) is 5. The topological polar surface area (TPSA) is 94.3 Å². The number of pyridine rings is 1. The van der Waals surface area contributed by atoms with Crippen molar-refractivity contribution in [2.45, 2.75) is 13.0 Å². The lowest BCUT2D eigenvalue weighted by Crippen LogP contribution is -2.43. The fourth-order valence-corrected chi connectivity index (χ4v) is 1.03. The number of aromatic nitrogens is 1. The fraction of sp³-hybridized carbons (Fsp3) is 0.300. The van der Waals surface area contributed by atoms with Gasteiger partial charge >= 0.3 is 5.97 Å². The van der Waals surface area contributed by atoms with Gasteiger partial charge in [-0.2, -0.15) is 0 Å². The summed E-state index contributed by atoms with van der Waals surface area (Å²) < 4.78 is 17.7. The number of nitrogens with one attached hydrogen (secondary N) is 1. The lowest BCUT2D eigenvalue weighted by Gasteiger charge is -2.11. The zero-order valence-electron chi connectivity index (χ0n) is 9.14. The van der Waals surface area contributed by atoms with Crippen molar-refractivity contribution in [1.29, 1.82) is 0 Å². The molecule has 0 radical (unpaired) electrons. The van der Waals surface area contributed by atoms with E-state index in [2.05, 4.69) is 15.0 Å². The van der Waals surface area contributed by atoms with Crippen molar-refractivity contribution in [2.24, 2.45) is 5.73 Å². The van der Waals surface area contributed by atoms with Crippen LogP contribution in [-0.2, 0) is 14.3 Å². The molecule has 1 aromatic heterocycles. The second kappa shape index (κ2) is 5.90. The van der Waals surface area contributed by atoms with Crippen LogP contribution < -0.4 is 11.1 Å². The molecule has 1 rings (SSSR count). The molecule has 17 heavy (non-hydrogen) atoms. The Morgan fingerprint density at radius 1 is 1.65 bits per heavy atom. The van der Waals surface area contributed by atoms with Crippen LogP contribution in [0.2, 0.25) is 0 Å². The number of ether oxygens (including phenoxy) is 1. The minimum atomic E-state index is -1.48. The van der Waals surface area contributed by atoms with Gasteiger partial charge in [0.15, 0.2) is 11.9 Å². The molecule has 92 valence electrons. The van der Waals surface area contributed by atoms with Gasteiger partial charge in [0.2, 0.25) is 0 Å². The van der Waals surface area contributed by atoms with Crippen molar-refractivity contribution in [3.05, 3.63) is 24.3 Å². The third kappa shape index (κ3) is 3.49. The molecule has 0 fully saturated rings. The van der Waals surface area contributed by atoms with E-state index in [9.17, 15) is 14.0 Å². The monoisotopic (exact) mass is 241 g/mol. The summed E-state index contributed by atoms with van der Waals surface area (Å²) in [5.41, 5.74) is 5.23. The molecule has 6 nitrogen and oxygen atoms in total. The number of carbonyl (C=O) groups excluding carboxylic acids is 2. The predicted molar refractivity (Wildman–Crippen MR) is 57.4 cm³/mol. The smallest absolute Gasteiger partial charge is 0.332 e. The summed E-state index contributed by atoms with van der Waals surface area (Å²) in [6.07, 6.45) is 2.24. The number of rotatable bonds is 4. The maximum Gasteiger partial charge on any atom is 0.332 e. The third-order valence-electron chi connectivity index (χ3n) is 1.85. The molecule has 1 unspecified atom stereocenters. The highest BCUT2D eigenvalue weighted by Gasteiger charge is 2.24. The number of nitrogens with zero attached hydrogens (tertiary/aromatic N) is 1. The van der Waals surface area contributed by atoms with Gasteiger partial charge in [-0.1, -0.05) is 0 Å². The Hall–Kier alpha value is -2.02. The summed E-state index contributed by atoms with van der Waals surface area (Å²) >= 11 is 0. The van der Waals surface area contributed by atoms with Gasteiger partial charge < -0.3 is 15.8 Å². The van der Waals surface area contributed by atoms with Gasteiger partial charge in [0.05, 0.1) is 18.5 Å². The molecule has 0 saturated heterocycles. The first-order valence-corrected chi connectivity index (χ1v) is 4.88. The van der Waals surface area contributed by atoms with Gasteiger partial charge in [-0.15, -0.1) is 0 Å². The van der Waals surface area contributed by atoms with E-state index in [1.165, 1.54) is 12.3 Å². The molecule has 0 aliphatic heterocycles. The second-order valence-electron chi connectivity index (χ2n) is 3.07. The summed E-state index contributed by atoms with van der Waals surface area (Å²) in [5, 5.41) is 2.17. The second-order valence-corrected chi connectivity index (χ2v) is 3.07. The fourth-order valence-electron chi connectivity index (χ4n) is 1.03. The molecule has 1 aromatic rings. The van der Waals surface area contributed by atoms with Gasteiger partial charge in [-0.3, -0.25) is 9.78 Å². The Morgan fingerprint density at radius 3 is 2.94 bits per heavy atom. The van der Waals surface area contributed by atoms with Gasteiger partial charge in [0.1, 0.15) is 0 Å². The van der Waals surface area contributed by atoms with Crippen LogP contribution in [0.25, 0.3) is 0 Å². The minimum Gasteiger partial charge on any atom is -0.464 e. The lowest BCUT2D eigenvalue weighted by atomic mass is 10.3. The molecular weight excluding hydrogens is 229 g/mol. The van der Waals surface area contributed by atoms with Crippen molar-refractivity contribution in [1.82, 2.24) is 4.98 Å². The number of halogens is 1. The van der Waals surface area contributed by atoms with Crippen LogP contribution in [0.3, 0.4) is 0 Å². The van der Waals surface area contributed by atoms with Gasteiger partial charge in [-0.05, 0) is 13.0 Å². The van der Waals surface area contributed by atoms with E-state index in [0.717, 1.165) is 6.20 Å². The van der Waals surface area contributed by atoms with Crippen LogP contribution in [0.5, 0.6) is 0 Å². The predicted octanol–water partition coefficient (Wildman–Crippen LogP) is 0.0496. The van der Waals surface area contributed by atoms with E-state index in [1.54, 1.807) is 6.92 Å². The highest BCUT2D eigenvalue weighted by atomic mass is 19.1. The zero-order chi connectivity index (χ0) is 12.8. The Morgan fingerprint density at radius 2 is 2.35 bits per heavy atom. The Balaban J connectivity index is 2.67. The van der Waals surface area contributed by atoms with Crippen LogP contribution in [-0.4, -0.2) is 29.5 Å². The van der Waals surface area contributed by atoms with E-state index in [1.807, 2.05) is 0 Å².